The Morgan fingerprint density at radius 2 is 1.88 bits per heavy atom. The first kappa shape index (κ1) is 28.7. The first-order chi connectivity index (χ1) is 20.0. The smallest absolute Gasteiger partial charge is 0.236 e. The van der Waals surface area contributed by atoms with Gasteiger partial charge in [0, 0.05) is 64.3 Å². The number of piperazine rings is 1. The number of hydrogen-bond acceptors (Lipinski definition) is 6. The monoisotopic (exact) mass is 560 g/mol. The fourth-order valence-electron chi connectivity index (χ4n) is 6.03. The fraction of sp³-hybridized carbons (Fsp3) is 0.469. The van der Waals surface area contributed by atoms with E-state index >= 15 is 0 Å². The van der Waals surface area contributed by atoms with Crippen LogP contribution in [0.5, 0.6) is 11.5 Å². The van der Waals surface area contributed by atoms with Gasteiger partial charge in [-0.3, -0.25) is 19.3 Å². The van der Waals surface area contributed by atoms with Crippen molar-refractivity contribution in [3.63, 3.8) is 0 Å². The van der Waals surface area contributed by atoms with Crippen molar-refractivity contribution in [1.29, 1.82) is 0 Å². The first-order valence-electron chi connectivity index (χ1n) is 14.5. The Kier molecular flexibility index (Phi) is 9.56. The molecule has 3 amide bonds. The molecule has 9 nitrogen and oxygen atoms in total. The summed E-state index contributed by atoms with van der Waals surface area (Å²) in [5.41, 5.74) is 2.11. The molecule has 3 heterocycles. The van der Waals surface area contributed by atoms with E-state index in [2.05, 4.69) is 23.1 Å². The van der Waals surface area contributed by atoms with Crippen LogP contribution in [0.3, 0.4) is 0 Å². The van der Waals surface area contributed by atoms with E-state index < -0.39 is 0 Å². The zero-order valence-electron chi connectivity index (χ0n) is 23.8. The summed E-state index contributed by atoms with van der Waals surface area (Å²) >= 11 is 0. The summed E-state index contributed by atoms with van der Waals surface area (Å²) in [5, 5.41) is 0. The van der Waals surface area contributed by atoms with Crippen LogP contribution in [0.15, 0.2) is 60.7 Å². The highest BCUT2D eigenvalue weighted by Crippen LogP contribution is 2.30. The number of hydrogen-bond donors (Lipinski definition) is 0. The zero-order chi connectivity index (χ0) is 28.6. The molecule has 2 atom stereocenters. The van der Waals surface area contributed by atoms with Gasteiger partial charge >= 0.3 is 0 Å². The number of carbonyl (C=O) groups excluding carboxylic acids is 3. The molecule has 0 aliphatic carbocycles. The highest BCUT2D eigenvalue weighted by molar-refractivity contribution is 5.79. The van der Waals surface area contributed by atoms with Crippen molar-refractivity contribution in [3.8, 4) is 11.5 Å². The zero-order valence-corrected chi connectivity index (χ0v) is 23.8. The maximum atomic E-state index is 13.7. The summed E-state index contributed by atoms with van der Waals surface area (Å²) in [5.74, 6) is 2.05. The third kappa shape index (κ3) is 7.47. The lowest BCUT2D eigenvalue weighted by Gasteiger charge is -2.39. The lowest BCUT2D eigenvalue weighted by molar-refractivity contribution is -0.138. The quantitative estimate of drug-likeness (QED) is 0.399. The minimum absolute atomic E-state index is 0.0688. The number of para-hydroxylation sites is 1. The Morgan fingerprint density at radius 3 is 2.68 bits per heavy atom. The molecule has 0 saturated carbocycles. The van der Waals surface area contributed by atoms with Crippen LogP contribution >= 0.6 is 0 Å². The molecule has 0 unspecified atom stereocenters. The minimum Gasteiger partial charge on any atom is -0.497 e. The number of carbonyl (C=O) groups is 3. The largest absolute Gasteiger partial charge is 0.497 e. The van der Waals surface area contributed by atoms with Crippen LogP contribution in [0.25, 0.3) is 0 Å². The minimum atomic E-state index is 0.0688. The summed E-state index contributed by atoms with van der Waals surface area (Å²) in [6.07, 6.45) is 6.24. The number of rotatable bonds is 6. The van der Waals surface area contributed by atoms with E-state index in [0.717, 1.165) is 35.5 Å². The van der Waals surface area contributed by atoms with Crippen LogP contribution in [0.4, 0.5) is 0 Å². The van der Waals surface area contributed by atoms with Gasteiger partial charge < -0.3 is 24.2 Å². The predicted octanol–water partition coefficient (Wildman–Crippen LogP) is 2.80. The van der Waals surface area contributed by atoms with Crippen molar-refractivity contribution in [2.75, 3.05) is 59.5 Å². The Bertz CT molecular complexity index is 1240. The topological polar surface area (TPSA) is 82.6 Å². The van der Waals surface area contributed by atoms with Gasteiger partial charge in [0.05, 0.1) is 13.7 Å². The summed E-state index contributed by atoms with van der Waals surface area (Å²) in [4.78, 5) is 45.6. The van der Waals surface area contributed by atoms with Crippen molar-refractivity contribution < 1.29 is 23.9 Å². The average Bonchev–Trinajstić information content (AvgIpc) is 3.01. The fourth-order valence-corrected chi connectivity index (χ4v) is 6.03. The number of amides is 3. The van der Waals surface area contributed by atoms with E-state index in [1.807, 2.05) is 52.3 Å². The Labute approximate surface area is 242 Å². The van der Waals surface area contributed by atoms with Gasteiger partial charge in [-0.2, -0.15) is 0 Å². The Morgan fingerprint density at radius 1 is 1.05 bits per heavy atom. The van der Waals surface area contributed by atoms with Gasteiger partial charge in [0.25, 0.3) is 0 Å². The van der Waals surface area contributed by atoms with Gasteiger partial charge in [-0.1, -0.05) is 42.5 Å². The van der Waals surface area contributed by atoms with Crippen LogP contribution in [-0.2, 0) is 27.5 Å². The SMILES string of the molecule is COc1cccc(CN2CC(=O)N3CC[C@@H](CC(=O)N4CCN(C=O)CC4)[C@@H](C=CCOc4ccccc4C2)C3)c1. The van der Waals surface area contributed by atoms with Crippen LogP contribution in [0.2, 0.25) is 0 Å². The van der Waals surface area contributed by atoms with Crippen molar-refractivity contribution in [2.24, 2.45) is 11.8 Å². The molecule has 3 aliphatic rings. The van der Waals surface area contributed by atoms with Crippen molar-refractivity contribution in [1.82, 2.24) is 19.6 Å². The van der Waals surface area contributed by atoms with E-state index in [-0.39, 0.29) is 30.2 Å². The summed E-state index contributed by atoms with van der Waals surface area (Å²) in [6, 6.07) is 15.9. The molecule has 3 aliphatic heterocycles. The van der Waals surface area contributed by atoms with E-state index in [1.54, 1.807) is 12.0 Å². The molecule has 2 saturated heterocycles. The molecule has 41 heavy (non-hydrogen) atoms. The summed E-state index contributed by atoms with van der Waals surface area (Å²) in [7, 11) is 1.66. The highest BCUT2D eigenvalue weighted by atomic mass is 16.5. The highest BCUT2D eigenvalue weighted by Gasteiger charge is 2.33. The van der Waals surface area contributed by atoms with E-state index in [4.69, 9.17) is 9.47 Å². The van der Waals surface area contributed by atoms with Crippen LogP contribution in [-0.4, -0.2) is 97.4 Å². The molecule has 2 aromatic rings. The predicted molar refractivity (Wildman–Crippen MR) is 155 cm³/mol. The first-order valence-corrected chi connectivity index (χ1v) is 14.5. The van der Waals surface area contributed by atoms with Gasteiger partial charge in [-0.15, -0.1) is 0 Å². The maximum absolute atomic E-state index is 13.7. The molecule has 0 aromatic heterocycles. The van der Waals surface area contributed by atoms with Crippen LogP contribution in [0, 0.1) is 11.8 Å². The number of ether oxygens (including phenoxy) is 2. The maximum Gasteiger partial charge on any atom is 0.236 e. The number of nitrogens with zero attached hydrogens (tertiary/aromatic N) is 4. The molecule has 2 aromatic carbocycles. The van der Waals surface area contributed by atoms with Gasteiger partial charge in [0.2, 0.25) is 18.2 Å². The number of methoxy groups -OCH3 is 1. The Hall–Kier alpha value is -3.85. The summed E-state index contributed by atoms with van der Waals surface area (Å²) < 4.78 is 11.6. The molecule has 2 fully saturated rings. The molecule has 0 spiro atoms. The second-order valence-corrected chi connectivity index (χ2v) is 11.1. The van der Waals surface area contributed by atoms with Gasteiger partial charge in [0.1, 0.15) is 18.1 Å². The standard InChI is InChI=1S/C32H40N4O5/c1-40-29-9-4-6-25(18-29)20-34-21-28-7-2-3-10-30(28)41-17-5-8-27-22-36(32(39)23-34)12-11-26(27)19-31(38)35-15-13-33(24-37)14-16-35/h2-10,18,24,26-27H,11-17,19-23H2,1H3/t26-,27-/m0/s1. The molecule has 0 N–H and O–H groups in total. The van der Waals surface area contributed by atoms with Crippen LogP contribution < -0.4 is 9.47 Å². The van der Waals surface area contributed by atoms with E-state index in [1.165, 1.54) is 0 Å². The number of piperidine rings is 1. The Balaban J connectivity index is 1.32. The van der Waals surface area contributed by atoms with E-state index in [0.29, 0.717) is 65.4 Å². The van der Waals surface area contributed by atoms with Crippen molar-refractivity contribution in [3.05, 3.63) is 71.8 Å². The van der Waals surface area contributed by atoms with E-state index in [9.17, 15) is 14.4 Å². The lowest BCUT2D eigenvalue weighted by Crippen LogP contribution is -2.50. The van der Waals surface area contributed by atoms with Crippen molar-refractivity contribution >= 4 is 18.2 Å². The van der Waals surface area contributed by atoms with Gasteiger partial charge in [0.15, 0.2) is 0 Å². The lowest BCUT2D eigenvalue weighted by atomic mass is 9.82. The molecular weight excluding hydrogens is 520 g/mol. The summed E-state index contributed by atoms with van der Waals surface area (Å²) in [6.45, 7) is 5.42. The van der Waals surface area contributed by atoms with Gasteiger partial charge in [-0.05, 0) is 42.0 Å². The molecule has 2 bridgehead atoms. The van der Waals surface area contributed by atoms with Crippen molar-refractivity contribution in [2.45, 2.75) is 25.9 Å². The normalized spacial score (nSPS) is 22.1. The average molecular weight is 561 g/mol. The molecule has 5 rings (SSSR count). The van der Waals surface area contributed by atoms with Gasteiger partial charge in [-0.25, -0.2) is 0 Å². The van der Waals surface area contributed by atoms with Crippen LogP contribution in [0.1, 0.15) is 24.0 Å². The molecule has 218 valence electrons. The third-order valence-electron chi connectivity index (χ3n) is 8.40. The second-order valence-electron chi connectivity index (χ2n) is 11.1. The number of benzene rings is 2. The third-order valence-corrected chi connectivity index (χ3v) is 8.40. The number of fused-ring (bicyclic) bond motifs is 3. The molecule has 0 radical (unpaired) electrons. The molecular formula is C32H40N4O5. The molecule has 9 heteroatoms. The second kappa shape index (κ2) is 13.7.